The maximum absolute atomic E-state index is 13.9. The molecule has 0 spiro atoms. The van der Waals surface area contributed by atoms with E-state index in [0.717, 1.165) is 10.7 Å². The lowest BCUT2D eigenvalue weighted by Gasteiger charge is -2.12. The molecule has 1 N–H and O–H groups in total. The molecule has 2 heterocycles. The lowest BCUT2D eigenvalue weighted by molar-refractivity contribution is -0.140. The second kappa shape index (κ2) is 6.25. The fourth-order valence-electron chi connectivity index (χ4n) is 2.59. The van der Waals surface area contributed by atoms with E-state index < -0.39 is 23.5 Å². The van der Waals surface area contributed by atoms with Crippen molar-refractivity contribution in [3.8, 4) is 16.9 Å². The Hall–Kier alpha value is -3.23. The summed E-state index contributed by atoms with van der Waals surface area (Å²) in [7, 11) is 0. The van der Waals surface area contributed by atoms with Crippen LogP contribution in [0.4, 0.5) is 17.6 Å². The van der Waals surface area contributed by atoms with E-state index in [-0.39, 0.29) is 16.9 Å². The molecule has 0 bridgehead atoms. The average molecular weight is 365 g/mol. The van der Waals surface area contributed by atoms with Gasteiger partial charge in [-0.25, -0.2) is 13.9 Å². The number of hydrogen-bond acceptors (Lipinski definition) is 3. The number of nitrogens with zero attached hydrogens (tertiary/aromatic N) is 3. The minimum absolute atomic E-state index is 0.0371. The van der Waals surface area contributed by atoms with E-state index in [9.17, 15) is 27.5 Å². The van der Waals surface area contributed by atoms with E-state index in [1.54, 1.807) is 12.1 Å². The minimum Gasteiger partial charge on any atom is -0.476 e. The fourth-order valence-corrected chi connectivity index (χ4v) is 2.59. The number of benzene rings is 1. The van der Waals surface area contributed by atoms with Gasteiger partial charge in [-0.05, 0) is 31.2 Å². The first kappa shape index (κ1) is 17.6. The highest BCUT2D eigenvalue weighted by Gasteiger charge is 2.34. The summed E-state index contributed by atoms with van der Waals surface area (Å²) in [5.74, 6) is -2.78. The van der Waals surface area contributed by atoms with Crippen molar-refractivity contribution in [3.63, 3.8) is 0 Å². The van der Waals surface area contributed by atoms with Crippen LogP contribution in [0.2, 0.25) is 0 Å². The standard InChI is InChI=1S/C17H11F4N3O2/c1-9-14(16(25)26)23-24(15(9)10-3-2-6-22-8-10)11-4-5-12(13(18)7-11)17(19,20)21/h2-8H,1H3,(H,25,26). The lowest BCUT2D eigenvalue weighted by Crippen LogP contribution is -2.09. The van der Waals surface area contributed by atoms with E-state index in [1.165, 1.54) is 19.3 Å². The second-order valence-electron chi connectivity index (χ2n) is 5.44. The van der Waals surface area contributed by atoms with Crippen molar-refractivity contribution in [1.82, 2.24) is 14.8 Å². The van der Waals surface area contributed by atoms with Crippen LogP contribution in [-0.4, -0.2) is 25.8 Å². The van der Waals surface area contributed by atoms with Gasteiger partial charge in [0.2, 0.25) is 0 Å². The number of carboxylic acids is 1. The number of halogens is 4. The Labute approximate surface area is 144 Å². The molecule has 3 aromatic rings. The molecular formula is C17H11F4N3O2. The zero-order valence-corrected chi connectivity index (χ0v) is 13.3. The van der Waals surface area contributed by atoms with Gasteiger partial charge < -0.3 is 5.11 Å². The van der Waals surface area contributed by atoms with Crippen LogP contribution in [0.1, 0.15) is 21.6 Å². The number of carbonyl (C=O) groups is 1. The molecule has 2 aromatic heterocycles. The Kier molecular flexibility index (Phi) is 4.23. The van der Waals surface area contributed by atoms with Gasteiger partial charge in [-0.15, -0.1) is 0 Å². The van der Waals surface area contributed by atoms with Gasteiger partial charge in [0, 0.05) is 29.6 Å². The Morgan fingerprint density at radius 2 is 1.96 bits per heavy atom. The van der Waals surface area contributed by atoms with Crippen molar-refractivity contribution in [2.45, 2.75) is 13.1 Å². The summed E-state index contributed by atoms with van der Waals surface area (Å²) in [4.78, 5) is 15.3. The van der Waals surface area contributed by atoms with Gasteiger partial charge in [-0.1, -0.05) is 0 Å². The van der Waals surface area contributed by atoms with Gasteiger partial charge in [0.25, 0.3) is 0 Å². The van der Waals surface area contributed by atoms with Gasteiger partial charge >= 0.3 is 12.1 Å². The molecule has 0 aliphatic heterocycles. The zero-order chi connectivity index (χ0) is 19.1. The molecule has 0 saturated heterocycles. The van der Waals surface area contributed by atoms with E-state index >= 15 is 0 Å². The van der Waals surface area contributed by atoms with Gasteiger partial charge in [-0.3, -0.25) is 4.98 Å². The molecule has 0 fully saturated rings. The quantitative estimate of drug-likeness (QED) is 0.710. The van der Waals surface area contributed by atoms with Crippen LogP contribution < -0.4 is 0 Å². The van der Waals surface area contributed by atoms with Crippen molar-refractivity contribution >= 4 is 5.97 Å². The number of carboxylic acid groups (broad SMARTS) is 1. The number of alkyl halides is 3. The largest absolute Gasteiger partial charge is 0.476 e. The van der Waals surface area contributed by atoms with Gasteiger partial charge in [0.1, 0.15) is 5.82 Å². The summed E-state index contributed by atoms with van der Waals surface area (Å²) in [5, 5.41) is 13.2. The summed E-state index contributed by atoms with van der Waals surface area (Å²) in [5.41, 5.74) is -0.661. The molecule has 9 heteroatoms. The summed E-state index contributed by atoms with van der Waals surface area (Å²) < 4.78 is 53.3. The maximum atomic E-state index is 13.9. The number of aromatic nitrogens is 3. The summed E-state index contributed by atoms with van der Waals surface area (Å²) in [6.45, 7) is 1.51. The molecule has 5 nitrogen and oxygen atoms in total. The van der Waals surface area contributed by atoms with E-state index in [0.29, 0.717) is 23.4 Å². The molecule has 3 rings (SSSR count). The monoisotopic (exact) mass is 365 g/mol. The smallest absolute Gasteiger partial charge is 0.419 e. The topological polar surface area (TPSA) is 68.0 Å². The first-order valence-corrected chi connectivity index (χ1v) is 7.30. The molecule has 134 valence electrons. The van der Waals surface area contributed by atoms with Crippen LogP contribution in [0, 0.1) is 12.7 Å². The minimum atomic E-state index is -4.83. The Morgan fingerprint density at radius 1 is 1.23 bits per heavy atom. The summed E-state index contributed by atoms with van der Waals surface area (Å²) in [6.07, 6.45) is -1.87. The van der Waals surface area contributed by atoms with Crippen LogP contribution in [-0.2, 0) is 6.18 Å². The predicted octanol–water partition coefficient (Wildman–Crippen LogP) is 4.10. The molecule has 0 amide bonds. The molecule has 0 unspecified atom stereocenters. The van der Waals surface area contributed by atoms with E-state index in [2.05, 4.69) is 10.1 Å². The Balaban J connectivity index is 2.24. The summed E-state index contributed by atoms with van der Waals surface area (Å²) in [6, 6.07) is 5.54. The average Bonchev–Trinajstić information content (AvgIpc) is 2.92. The zero-order valence-electron chi connectivity index (χ0n) is 13.3. The van der Waals surface area contributed by atoms with E-state index in [4.69, 9.17) is 0 Å². The van der Waals surface area contributed by atoms with Crippen LogP contribution >= 0.6 is 0 Å². The highest BCUT2D eigenvalue weighted by molar-refractivity contribution is 5.89. The highest BCUT2D eigenvalue weighted by atomic mass is 19.4. The number of pyridine rings is 1. The number of aromatic carboxylic acids is 1. The normalized spacial score (nSPS) is 11.6. The van der Waals surface area contributed by atoms with Gasteiger partial charge in [0.15, 0.2) is 5.69 Å². The molecule has 26 heavy (non-hydrogen) atoms. The third-order valence-corrected chi connectivity index (χ3v) is 3.76. The van der Waals surface area contributed by atoms with Gasteiger partial charge in [-0.2, -0.15) is 18.3 Å². The van der Waals surface area contributed by atoms with Crippen molar-refractivity contribution in [2.75, 3.05) is 0 Å². The van der Waals surface area contributed by atoms with Crippen LogP contribution in [0.15, 0.2) is 42.7 Å². The van der Waals surface area contributed by atoms with Crippen molar-refractivity contribution in [1.29, 1.82) is 0 Å². The SMILES string of the molecule is Cc1c(C(=O)O)nn(-c2ccc(C(F)(F)F)c(F)c2)c1-c1cccnc1. The van der Waals surface area contributed by atoms with Gasteiger partial charge in [0.05, 0.1) is 16.9 Å². The van der Waals surface area contributed by atoms with Crippen LogP contribution in [0.25, 0.3) is 16.9 Å². The van der Waals surface area contributed by atoms with Crippen molar-refractivity contribution < 1.29 is 27.5 Å². The lowest BCUT2D eigenvalue weighted by atomic mass is 10.1. The third kappa shape index (κ3) is 3.03. The predicted molar refractivity (Wildman–Crippen MR) is 83.5 cm³/mol. The molecule has 0 radical (unpaired) electrons. The van der Waals surface area contributed by atoms with Crippen molar-refractivity contribution in [2.24, 2.45) is 0 Å². The maximum Gasteiger partial charge on any atom is 0.419 e. The second-order valence-corrected chi connectivity index (χ2v) is 5.44. The summed E-state index contributed by atoms with van der Waals surface area (Å²) >= 11 is 0. The third-order valence-electron chi connectivity index (χ3n) is 3.76. The van der Waals surface area contributed by atoms with Crippen LogP contribution in [0.5, 0.6) is 0 Å². The Morgan fingerprint density at radius 3 is 2.50 bits per heavy atom. The molecule has 0 aliphatic carbocycles. The number of hydrogen-bond donors (Lipinski definition) is 1. The molecule has 0 atom stereocenters. The first-order chi connectivity index (χ1) is 12.2. The molecule has 1 aromatic carbocycles. The molecule has 0 aliphatic rings. The first-order valence-electron chi connectivity index (χ1n) is 7.30. The van der Waals surface area contributed by atoms with Crippen molar-refractivity contribution in [3.05, 3.63) is 65.4 Å². The van der Waals surface area contributed by atoms with E-state index in [1.807, 2.05) is 0 Å². The molecular weight excluding hydrogens is 354 g/mol. The molecule has 0 saturated carbocycles. The fraction of sp³-hybridized carbons (Fsp3) is 0.118. The highest BCUT2D eigenvalue weighted by Crippen LogP contribution is 2.34. The van der Waals surface area contributed by atoms with Crippen LogP contribution in [0.3, 0.4) is 0 Å². The number of rotatable bonds is 3. The Bertz CT molecular complexity index is 982.